The maximum absolute atomic E-state index is 5.86. The molecule has 2 nitrogen and oxygen atoms in total. The highest BCUT2D eigenvalue weighted by Gasteiger charge is 2.40. The second-order valence-corrected chi connectivity index (χ2v) is 4.47. The normalized spacial score (nSPS) is 25.4. The van der Waals surface area contributed by atoms with E-state index in [0.717, 1.165) is 12.4 Å². The highest BCUT2D eigenvalue weighted by Crippen LogP contribution is 2.49. The zero-order valence-corrected chi connectivity index (χ0v) is 9.80. The molecule has 1 aliphatic rings. The Kier molecular flexibility index (Phi) is 2.56. The van der Waals surface area contributed by atoms with Gasteiger partial charge in [-0.25, -0.2) is 0 Å². The average molecular weight is 213 g/mol. The molecular formula is C11H17ClN2. The predicted octanol–water partition coefficient (Wildman–Crippen LogP) is 2.86. The lowest BCUT2D eigenvalue weighted by molar-refractivity contribution is 0.633. The highest BCUT2D eigenvalue weighted by molar-refractivity contribution is 6.18. The second-order valence-electron chi connectivity index (χ2n) is 4.16. The Morgan fingerprint density at radius 1 is 1.50 bits per heavy atom. The summed E-state index contributed by atoms with van der Waals surface area (Å²) in [6.45, 7) is 7.38. The van der Waals surface area contributed by atoms with E-state index in [-0.39, 0.29) is 0 Å². The summed E-state index contributed by atoms with van der Waals surface area (Å²) in [5.74, 6) is 2.18. The predicted molar refractivity (Wildman–Crippen MR) is 58.9 cm³/mol. The molecule has 1 aromatic rings. The number of hydrogen-bond acceptors (Lipinski definition) is 1. The van der Waals surface area contributed by atoms with Gasteiger partial charge in [-0.05, 0) is 44.6 Å². The molecule has 1 fully saturated rings. The van der Waals surface area contributed by atoms with Crippen molar-refractivity contribution in [1.82, 2.24) is 9.78 Å². The van der Waals surface area contributed by atoms with Crippen molar-refractivity contribution in [2.75, 3.05) is 5.88 Å². The van der Waals surface area contributed by atoms with Gasteiger partial charge in [-0.3, -0.25) is 4.68 Å². The molecule has 1 saturated carbocycles. The van der Waals surface area contributed by atoms with Crippen LogP contribution in [0.4, 0.5) is 0 Å². The molecule has 2 rings (SSSR count). The monoisotopic (exact) mass is 212 g/mol. The number of aryl methyl sites for hydroxylation is 2. The molecule has 2 unspecified atom stereocenters. The van der Waals surface area contributed by atoms with Crippen LogP contribution in [-0.4, -0.2) is 15.7 Å². The van der Waals surface area contributed by atoms with E-state index in [9.17, 15) is 0 Å². The topological polar surface area (TPSA) is 17.8 Å². The summed E-state index contributed by atoms with van der Waals surface area (Å²) in [5, 5.41) is 4.53. The maximum Gasteiger partial charge on any atom is 0.0631 e. The summed E-state index contributed by atoms with van der Waals surface area (Å²) in [5.41, 5.74) is 3.99. The van der Waals surface area contributed by atoms with Crippen LogP contribution < -0.4 is 0 Å². The van der Waals surface area contributed by atoms with Gasteiger partial charge in [-0.15, -0.1) is 11.6 Å². The van der Waals surface area contributed by atoms with Crippen LogP contribution in [0.1, 0.15) is 36.2 Å². The molecule has 0 saturated heterocycles. The van der Waals surface area contributed by atoms with E-state index in [1.165, 1.54) is 23.4 Å². The standard InChI is InChI=1S/C11H17ClN2/c1-4-14-8(3)11(7(2)13-14)10-5-9(10)6-12/h9-10H,4-6H2,1-3H3. The molecule has 0 aliphatic heterocycles. The number of hydrogen-bond donors (Lipinski definition) is 0. The van der Waals surface area contributed by atoms with Gasteiger partial charge < -0.3 is 0 Å². The molecule has 3 heteroatoms. The minimum atomic E-state index is 0.688. The molecule has 2 atom stereocenters. The summed E-state index contributed by atoms with van der Waals surface area (Å²) in [7, 11) is 0. The number of rotatable bonds is 3. The highest BCUT2D eigenvalue weighted by atomic mass is 35.5. The summed E-state index contributed by atoms with van der Waals surface area (Å²) >= 11 is 5.86. The van der Waals surface area contributed by atoms with Crippen molar-refractivity contribution >= 4 is 11.6 Å². The molecule has 0 N–H and O–H groups in total. The Hall–Kier alpha value is -0.500. The number of halogens is 1. The molecule has 78 valence electrons. The van der Waals surface area contributed by atoms with Crippen molar-refractivity contribution in [3.8, 4) is 0 Å². The first kappa shape index (κ1) is 10.0. The Morgan fingerprint density at radius 3 is 2.64 bits per heavy atom. The fraction of sp³-hybridized carbons (Fsp3) is 0.727. The lowest BCUT2D eigenvalue weighted by atomic mass is 10.1. The van der Waals surface area contributed by atoms with Gasteiger partial charge in [0.25, 0.3) is 0 Å². The number of aromatic nitrogens is 2. The van der Waals surface area contributed by atoms with E-state index in [1.54, 1.807) is 0 Å². The second kappa shape index (κ2) is 3.58. The van der Waals surface area contributed by atoms with Gasteiger partial charge in [0.1, 0.15) is 0 Å². The lowest BCUT2D eigenvalue weighted by Crippen LogP contribution is -1.99. The van der Waals surface area contributed by atoms with E-state index in [0.29, 0.717) is 11.8 Å². The fourth-order valence-corrected chi connectivity index (χ4v) is 2.67. The van der Waals surface area contributed by atoms with Crippen LogP contribution in [0.2, 0.25) is 0 Å². The summed E-state index contributed by atoms with van der Waals surface area (Å²) < 4.78 is 2.09. The molecule has 0 aromatic carbocycles. The molecule has 0 bridgehead atoms. The van der Waals surface area contributed by atoms with Gasteiger partial charge >= 0.3 is 0 Å². The minimum absolute atomic E-state index is 0.688. The van der Waals surface area contributed by atoms with Gasteiger partial charge in [0.15, 0.2) is 0 Å². The van der Waals surface area contributed by atoms with E-state index in [2.05, 4.69) is 30.6 Å². The first-order chi connectivity index (χ1) is 6.69. The molecule has 0 amide bonds. The lowest BCUT2D eigenvalue weighted by Gasteiger charge is -2.01. The van der Waals surface area contributed by atoms with Gasteiger partial charge in [0.2, 0.25) is 0 Å². The van der Waals surface area contributed by atoms with E-state index < -0.39 is 0 Å². The van der Waals surface area contributed by atoms with Crippen LogP contribution in [0, 0.1) is 19.8 Å². The number of nitrogens with zero attached hydrogens (tertiary/aromatic N) is 2. The van der Waals surface area contributed by atoms with E-state index in [4.69, 9.17) is 11.6 Å². The maximum atomic E-state index is 5.86. The van der Waals surface area contributed by atoms with Crippen LogP contribution >= 0.6 is 11.6 Å². The zero-order valence-electron chi connectivity index (χ0n) is 9.05. The molecule has 1 aliphatic carbocycles. The SMILES string of the molecule is CCn1nc(C)c(C2CC2CCl)c1C. The first-order valence-corrected chi connectivity index (χ1v) is 5.82. The summed E-state index contributed by atoms with van der Waals surface area (Å²) in [6, 6.07) is 0. The van der Waals surface area contributed by atoms with Gasteiger partial charge in [-0.2, -0.15) is 5.10 Å². The van der Waals surface area contributed by atoms with Crippen molar-refractivity contribution in [1.29, 1.82) is 0 Å². The minimum Gasteiger partial charge on any atom is -0.270 e. The summed E-state index contributed by atoms with van der Waals surface area (Å²) in [4.78, 5) is 0. The van der Waals surface area contributed by atoms with Gasteiger partial charge in [0, 0.05) is 18.1 Å². The molecule has 0 radical (unpaired) electrons. The largest absolute Gasteiger partial charge is 0.270 e. The van der Waals surface area contributed by atoms with Crippen molar-refractivity contribution in [3.63, 3.8) is 0 Å². The Labute approximate surface area is 90.3 Å². The molecule has 14 heavy (non-hydrogen) atoms. The van der Waals surface area contributed by atoms with Crippen molar-refractivity contribution in [3.05, 3.63) is 17.0 Å². The van der Waals surface area contributed by atoms with Crippen molar-refractivity contribution in [2.45, 2.75) is 39.7 Å². The third-order valence-corrected chi connectivity index (χ3v) is 3.62. The quantitative estimate of drug-likeness (QED) is 0.705. The molecule has 1 heterocycles. The Morgan fingerprint density at radius 2 is 2.21 bits per heavy atom. The molecular weight excluding hydrogens is 196 g/mol. The smallest absolute Gasteiger partial charge is 0.0631 e. The fourth-order valence-electron chi connectivity index (χ4n) is 2.33. The van der Waals surface area contributed by atoms with E-state index in [1.807, 2.05) is 0 Å². The van der Waals surface area contributed by atoms with E-state index >= 15 is 0 Å². The third kappa shape index (κ3) is 1.46. The number of alkyl halides is 1. The average Bonchev–Trinajstić information content (AvgIpc) is 2.88. The Balaban J connectivity index is 2.29. The third-order valence-electron chi connectivity index (χ3n) is 3.23. The van der Waals surface area contributed by atoms with Gasteiger partial charge in [-0.1, -0.05) is 0 Å². The van der Waals surface area contributed by atoms with Crippen LogP contribution in [0.25, 0.3) is 0 Å². The van der Waals surface area contributed by atoms with Crippen LogP contribution in [-0.2, 0) is 6.54 Å². The van der Waals surface area contributed by atoms with Crippen LogP contribution in [0.15, 0.2) is 0 Å². The van der Waals surface area contributed by atoms with Crippen molar-refractivity contribution < 1.29 is 0 Å². The first-order valence-electron chi connectivity index (χ1n) is 5.28. The summed E-state index contributed by atoms with van der Waals surface area (Å²) in [6.07, 6.45) is 1.25. The van der Waals surface area contributed by atoms with Crippen LogP contribution in [0.3, 0.4) is 0 Å². The zero-order chi connectivity index (χ0) is 10.3. The molecule has 0 spiro atoms. The van der Waals surface area contributed by atoms with Crippen LogP contribution in [0.5, 0.6) is 0 Å². The van der Waals surface area contributed by atoms with Gasteiger partial charge in [0.05, 0.1) is 5.69 Å². The Bertz CT molecular complexity index is 343. The van der Waals surface area contributed by atoms with Crippen molar-refractivity contribution in [2.24, 2.45) is 5.92 Å². The molecule has 1 aromatic heterocycles.